The molecule has 0 atom stereocenters. The van der Waals surface area contributed by atoms with Crippen molar-refractivity contribution in [2.24, 2.45) is 5.41 Å². The fraction of sp³-hybridized carbons (Fsp3) is 0.909. The Morgan fingerprint density at radius 3 is 2.50 bits per heavy atom. The van der Waals surface area contributed by atoms with Gasteiger partial charge in [-0.25, -0.2) is 4.79 Å². The van der Waals surface area contributed by atoms with E-state index in [2.05, 4.69) is 12.2 Å². The highest BCUT2D eigenvalue weighted by Gasteiger charge is 2.41. The second-order valence-corrected chi connectivity index (χ2v) is 4.42. The number of rotatable bonds is 5. The van der Waals surface area contributed by atoms with Gasteiger partial charge in [0.2, 0.25) is 0 Å². The molecular formula is C11H22N2O. The maximum absolute atomic E-state index is 11.5. The molecule has 1 N–H and O–H groups in total. The number of hydrogen-bond donors (Lipinski definition) is 1. The van der Waals surface area contributed by atoms with E-state index in [0.29, 0.717) is 5.41 Å². The van der Waals surface area contributed by atoms with E-state index in [1.165, 1.54) is 25.7 Å². The van der Waals surface area contributed by atoms with Gasteiger partial charge >= 0.3 is 6.03 Å². The van der Waals surface area contributed by atoms with Crippen LogP contribution in [0.15, 0.2) is 0 Å². The molecule has 3 heteroatoms. The molecule has 0 heterocycles. The summed E-state index contributed by atoms with van der Waals surface area (Å²) in [7, 11) is 1.83. The molecule has 2 amide bonds. The third-order valence-corrected chi connectivity index (χ3v) is 3.17. The smallest absolute Gasteiger partial charge is 0.317 e. The Morgan fingerprint density at radius 1 is 1.43 bits per heavy atom. The summed E-state index contributed by atoms with van der Waals surface area (Å²) in [6.45, 7) is 5.83. The molecule has 0 bridgehead atoms. The molecule has 3 nitrogen and oxygen atoms in total. The van der Waals surface area contributed by atoms with Crippen LogP contribution in [0.25, 0.3) is 0 Å². The van der Waals surface area contributed by atoms with Gasteiger partial charge in [0.15, 0.2) is 0 Å². The van der Waals surface area contributed by atoms with Crippen LogP contribution in [0.2, 0.25) is 0 Å². The predicted molar refractivity (Wildman–Crippen MR) is 58.3 cm³/mol. The van der Waals surface area contributed by atoms with Crippen molar-refractivity contribution in [3.8, 4) is 0 Å². The van der Waals surface area contributed by atoms with Gasteiger partial charge in [-0.3, -0.25) is 0 Å². The lowest BCUT2D eigenvalue weighted by Gasteiger charge is -2.19. The van der Waals surface area contributed by atoms with Crippen LogP contribution in [0.4, 0.5) is 4.79 Å². The first-order chi connectivity index (χ1) is 6.63. The van der Waals surface area contributed by atoms with E-state index in [9.17, 15) is 4.79 Å². The minimum atomic E-state index is 0.0647. The molecule has 0 aromatic heterocycles. The van der Waals surface area contributed by atoms with Gasteiger partial charge in [-0.1, -0.05) is 13.3 Å². The highest BCUT2D eigenvalue weighted by atomic mass is 16.2. The van der Waals surface area contributed by atoms with Crippen molar-refractivity contribution in [2.45, 2.75) is 39.5 Å². The summed E-state index contributed by atoms with van der Waals surface area (Å²) in [5.41, 5.74) is 0.457. The Labute approximate surface area is 86.9 Å². The van der Waals surface area contributed by atoms with Crippen LogP contribution in [0.3, 0.4) is 0 Å². The maximum atomic E-state index is 11.5. The van der Waals surface area contributed by atoms with Crippen molar-refractivity contribution < 1.29 is 4.79 Å². The van der Waals surface area contributed by atoms with Gasteiger partial charge in [0.05, 0.1) is 0 Å². The fourth-order valence-electron chi connectivity index (χ4n) is 1.76. The van der Waals surface area contributed by atoms with Crippen molar-refractivity contribution >= 4 is 6.03 Å². The number of amides is 2. The molecular weight excluding hydrogens is 176 g/mol. The Balaban J connectivity index is 2.23. The van der Waals surface area contributed by atoms with Crippen molar-refractivity contribution in [2.75, 3.05) is 20.1 Å². The van der Waals surface area contributed by atoms with E-state index < -0.39 is 0 Å². The van der Waals surface area contributed by atoms with Gasteiger partial charge in [-0.05, 0) is 31.6 Å². The third-order valence-electron chi connectivity index (χ3n) is 3.17. The Hall–Kier alpha value is -0.730. The second-order valence-electron chi connectivity index (χ2n) is 4.42. The van der Waals surface area contributed by atoms with Crippen molar-refractivity contribution in [1.29, 1.82) is 0 Å². The molecule has 0 saturated heterocycles. The highest BCUT2D eigenvalue weighted by Crippen LogP contribution is 2.48. The average molecular weight is 198 g/mol. The normalized spacial score (nSPS) is 17.6. The third kappa shape index (κ3) is 2.89. The first kappa shape index (κ1) is 11.3. The first-order valence-corrected chi connectivity index (χ1v) is 5.62. The molecule has 82 valence electrons. The lowest BCUT2D eigenvalue weighted by Crippen LogP contribution is -2.39. The molecule has 0 unspecified atom stereocenters. The number of urea groups is 1. The van der Waals surface area contributed by atoms with Gasteiger partial charge in [0.25, 0.3) is 0 Å². The van der Waals surface area contributed by atoms with Gasteiger partial charge in [0, 0.05) is 20.1 Å². The molecule has 1 aliphatic carbocycles. The summed E-state index contributed by atoms with van der Waals surface area (Å²) in [6, 6.07) is 0.0647. The fourth-order valence-corrected chi connectivity index (χ4v) is 1.76. The summed E-state index contributed by atoms with van der Waals surface area (Å²) >= 11 is 0. The van der Waals surface area contributed by atoms with E-state index >= 15 is 0 Å². The van der Waals surface area contributed by atoms with Gasteiger partial charge in [-0.15, -0.1) is 0 Å². The van der Waals surface area contributed by atoms with Gasteiger partial charge < -0.3 is 10.2 Å². The van der Waals surface area contributed by atoms with E-state index in [-0.39, 0.29) is 6.03 Å². The zero-order valence-corrected chi connectivity index (χ0v) is 9.60. The first-order valence-electron chi connectivity index (χ1n) is 5.62. The predicted octanol–water partition coefficient (Wildman–Crippen LogP) is 2.23. The molecule has 1 fully saturated rings. The standard InChI is InChI=1S/C11H22N2O/c1-4-6-11(7-8-11)9-12-10(14)13(3)5-2/h4-9H2,1-3H3,(H,12,14). The van der Waals surface area contributed by atoms with Crippen LogP contribution in [0, 0.1) is 5.41 Å². The van der Waals surface area contributed by atoms with E-state index in [0.717, 1.165) is 13.1 Å². The number of nitrogens with one attached hydrogen (secondary N) is 1. The van der Waals surface area contributed by atoms with Gasteiger partial charge in [-0.2, -0.15) is 0 Å². The molecule has 1 rings (SSSR count). The van der Waals surface area contributed by atoms with Crippen LogP contribution < -0.4 is 5.32 Å². The number of carbonyl (C=O) groups excluding carboxylic acids is 1. The van der Waals surface area contributed by atoms with E-state index in [1.54, 1.807) is 4.90 Å². The van der Waals surface area contributed by atoms with Crippen LogP contribution in [-0.2, 0) is 0 Å². The molecule has 0 spiro atoms. The second kappa shape index (κ2) is 4.67. The minimum absolute atomic E-state index is 0.0647. The Bertz CT molecular complexity index is 199. The SMILES string of the molecule is CCCC1(CNC(=O)N(C)CC)CC1. The highest BCUT2D eigenvalue weighted by molar-refractivity contribution is 5.73. The minimum Gasteiger partial charge on any atom is -0.337 e. The van der Waals surface area contributed by atoms with Crippen molar-refractivity contribution in [3.63, 3.8) is 0 Å². The Kier molecular flexibility index (Phi) is 3.78. The molecule has 1 saturated carbocycles. The zero-order chi connectivity index (χ0) is 10.6. The lowest BCUT2D eigenvalue weighted by molar-refractivity contribution is 0.207. The summed E-state index contributed by atoms with van der Waals surface area (Å²) in [5, 5.41) is 3.01. The van der Waals surface area contributed by atoms with Crippen molar-refractivity contribution in [3.05, 3.63) is 0 Å². The van der Waals surface area contributed by atoms with Gasteiger partial charge in [0.1, 0.15) is 0 Å². The average Bonchev–Trinajstić information content (AvgIpc) is 2.94. The quantitative estimate of drug-likeness (QED) is 0.722. The summed E-state index contributed by atoms with van der Waals surface area (Å²) < 4.78 is 0. The largest absolute Gasteiger partial charge is 0.337 e. The van der Waals surface area contributed by atoms with Crippen LogP contribution in [-0.4, -0.2) is 31.1 Å². The van der Waals surface area contributed by atoms with E-state index in [1.807, 2.05) is 14.0 Å². The Morgan fingerprint density at radius 2 is 2.07 bits per heavy atom. The molecule has 0 aliphatic heterocycles. The zero-order valence-electron chi connectivity index (χ0n) is 9.60. The summed E-state index contributed by atoms with van der Waals surface area (Å²) in [4.78, 5) is 13.2. The molecule has 1 aliphatic rings. The summed E-state index contributed by atoms with van der Waals surface area (Å²) in [5.74, 6) is 0. The van der Waals surface area contributed by atoms with Crippen LogP contribution in [0.5, 0.6) is 0 Å². The monoisotopic (exact) mass is 198 g/mol. The number of hydrogen-bond acceptors (Lipinski definition) is 1. The van der Waals surface area contributed by atoms with Crippen LogP contribution >= 0.6 is 0 Å². The topological polar surface area (TPSA) is 32.3 Å². The van der Waals surface area contributed by atoms with E-state index in [4.69, 9.17) is 0 Å². The maximum Gasteiger partial charge on any atom is 0.317 e. The molecule has 0 aromatic rings. The lowest BCUT2D eigenvalue weighted by atomic mass is 10.0. The number of nitrogens with zero attached hydrogens (tertiary/aromatic N) is 1. The summed E-state index contributed by atoms with van der Waals surface area (Å²) in [6.07, 6.45) is 5.05. The molecule has 0 aromatic carbocycles. The van der Waals surface area contributed by atoms with Crippen LogP contribution in [0.1, 0.15) is 39.5 Å². The molecule has 0 radical (unpaired) electrons. The number of carbonyl (C=O) groups is 1. The molecule has 14 heavy (non-hydrogen) atoms. The van der Waals surface area contributed by atoms with Crippen molar-refractivity contribution in [1.82, 2.24) is 10.2 Å².